The molecule has 0 atom stereocenters. The predicted octanol–water partition coefficient (Wildman–Crippen LogP) is 4.96. The number of para-hydroxylation sites is 2. The second kappa shape index (κ2) is 9.90. The van der Waals surface area contributed by atoms with Crippen LogP contribution >= 0.6 is 0 Å². The monoisotopic (exact) mass is 387 g/mol. The third-order valence-corrected chi connectivity index (χ3v) is 3.98. The normalized spacial score (nSPS) is 10.5. The van der Waals surface area contributed by atoms with Crippen LogP contribution in [0.25, 0.3) is 6.08 Å². The summed E-state index contributed by atoms with van der Waals surface area (Å²) in [6, 6.07) is 23.0. The first-order valence-corrected chi connectivity index (χ1v) is 9.24. The van der Waals surface area contributed by atoms with E-state index in [0.717, 1.165) is 5.56 Å². The molecule has 0 heterocycles. The van der Waals surface area contributed by atoms with Crippen LogP contribution in [0.3, 0.4) is 0 Å². The van der Waals surface area contributed by atoms with Crippen molar-refractivity contribution in [2.75, 3.05) is 11.9 Å². The van der Waals surface area contributed by atoms with Crippen molar-refractivity contribution >= 4 is 23.6 Å². The molecular weight excluding hydrogens is 366 g/mol. The third-order valence-electron chi connectivity index (χ3n) is 3.98. The molecule has 0 fully saturated rings. The van der Waals surface area contributed by atoms with Crippen molar-refractivity contribution in [2.45, 2.75) is 6.92 Å². The largest absolute Gasteiger partial charge is 0.493 e. The number of esters is 1. The minimum Gasteiger partial charge on any atom is -0.493 e. The van der Waals surface area contributed by atoms with Crippen LogP contribution < -0.4 is 14.8 Å². The molecule has 5 nitrogen and oxygen atoms in total. The second-order valence-corrected chi connectivity index (χ2v) is 6.07. The SMILES string of the molecule is CCOc1ccccc1/C=C/C(=O)Oc1ccc(C(=O)Nc2ccccc2)cc1. The van der Waals surface area contributed by atoms with Gasteiger partial charge in [0.05, 0.1) is 6.61 Å². The first-order valence-electron chi connectivity index (χ1n) is 9.24. The average Bonchev–Trinajstić information content (AvgIpc) is 2.74. The summed E-state index contributed by atoms with van der Waals surface area (Å²) in [6.45, 7) is 2.44. The van der Waals surface area contributed by atoms with Crippen LogP contribution in [0, 0.1) is 0 Å². The van der Waals surface area contributed by atoms with Gasteiger partial charge in [-0.1, -0.05) is 36.4 Å². The number of benzene rings is 3. The quantitative estimate of drug-likeness (QED) is 0.354. The highest BCUT2D eigenvalue weighted by molar-refractivity contribution is 6.04. The fourth-order valence-corrected chi connectivity index (χ4v) is 2.61. The minimum absolute atomic E-state index is 0.235. The zero-order valence-electron chi connectivity index (χ0n) is 16.0. The van der Waals surface area contributed by atoms with Crippen molar-refractivity contribution in [3.05, 3.63) is 96.1 Å². The molecule has 146 valence electrons. The summed E-state index contributed by atoms with van der Waals surface area (Å²) in [7, 11) is 0. The van der Waals surface area contributed by atoms with Gasteiger partial charge in [0.15, 0.2) is 0 Å². The maximum atomic E-state index is 12.3. The first-order chi connectivity index (χ1) is 14.2. The van der Waals surface area contributed by atoms with Crippen LogP contribution in [0.1, 0.15) is 22.8 Å². The molecule has 0 aliphatic carbocycles. The van der Waals surface area contributed by atoms with E-state index in [1.807, 2.05) is 61.5 Å². The molecule has 0 saturated carbocycles. The lowest BCUT2D eigenvalue weighted by Crippen LogP contribution is -2.11. The van der Waals surface area contributed by atoms with Crippen LogP contribution in [-0.4, -0.2) is 18.5 Å². The molecule has 1 N–H and O–H groups in total. The van der Waals surface area contributed by atoms with Crippen LogP contribution in [0.15, 0.2) is 84.9 Å². The Morgan fingerprint density at radius 3 is 2.31 bits per heavy atom. The Bertz CT molecular complexity index is 995. The van der Waals surface area contributed by atoms with Crippen LogP contribution in [0.2, 0.25) is 0 Å². The molecule has 0 aliphatic rings. The molecule has 1 amide bonds. The zero-order chi connectivity index (χ0) is 20.5. The van der Waals surface area contributed by atoms with Crippen molar-refractivity contribution in [3.8, 4) is 11.5 Å². The molecular formula is C24H21NO4. The van der Waals surface area contributed by atoms with Crippen molar-refractivity contribution in [1.29, 1.82) is 0 Å². The number of anilines is 1. The standard InChI is InChI=1S/C24H21NO4/c1-2-28-22-11-7-6-8-18(22)14-17-23(26)29-21-15-12-19(13-16-21)24(27)25-20-9-4-3-5-10-20/h3-17H,2H2,1H3,(H,25,27)/b17-14+. The van der Waals surface area contributed by atoms with Gasteiger partial charge in [0.25, 0.3) is 5.91 Å². The van der Waals surface area contributed by atoms with Gasteiger partial charge >= 0.3 is 5.97 Å². The maximum Gasteiger partial charge on any atom is 0.336 e. The summed E-state index contributed by atoms with van der Waals surface area (Å²) >= 11 is 0. The van der Waals surface area contributed by atoms with Gasteiger partial charge in [-0.3, -0.25) is 4.79 Å². The molecule has 0 unspecified atom stereocenters. The minimum atomic E-state index is -0.516. The second-order valence-electron chi connectivity index (χ2n) is 6.07. The summed E-state index contributed by atoms with van der Waals surface area (Å²) < 4.78 is 10.8. The number of hydrogen-bond acceptors (Lipinski definition) is 4. The Kier molecular flexibility index (Phi) is 6.79. The van der Waals surface area contributed by atoms with E-state index in [0.29, 0.717) is 29.4 Å². The summed E-state index contributed by atoms with van der Waals surface area (Å²) in [5.41, 5.74) is 1.97. The number of nitrogens with one attached hydrogen (secondary N) is 1. The van der Waals surface area contributed by atoms with Crippen molar-refractivity contribution < 1.29 is 19.1 Å². The van der Waals surface area contributed by atoms with Crippen molar-refractivity contribution in [2.24, 2.45) is 0 Å². The molecule has 3 aromatic rings. The molecule has 0 bridgehead atoms. The van der Waals surface area contributed by atoms with Crippen LogP contribution in [0.5, 0.6) is 11.5 Å². The van der Waals surface area contributed by atoms with E-state index in [1.54, 1.807) is 30.3 Å². The first kappa shape index (κ1) is 19.9. The van der Waals surface area contributed by atoms with E-state index in [4.69, 9.17) is 9.47 Å². The Morgan fingerprint density at radius 2 is 1.59 bits per heavy atom. The molecule has 3 rings (SSSR count). The van der Waals surface area contributed by atoms with Crippen molar-refractivity contribution in [1.82, 2.24) is 0 Å². The molecule has 0 aliphatic heterocycles. The Balaban J connectivity index is 1.59. The van der Waals surface area contributed by atoms with E-state index in [1.165, 1.54) is 6.08 Å². The maximum absolute atomic E-state index is 12.3. The van der Waals surface area contributed by atoms with Gasteiger partial charge in [0, 0.05) is 22.9 Å². The predicted molar refractivity (Wildman–Crippen MR) is 113 cm³/mol. The zero-order valence-corrected chi connectivity index (χ0v) is 16.0. The van der Waals surface area contributed by atoms with Gasteiger partial charge in [0.2, 0.25) is 0 Å². The van der Waals surface area contributed by atoms with Gasteiger partial charge < -0.3 is 14.8 Å². The van der Waals surface area contributed by atoms with E-state index >= 15 is 0 Å². The van der Waals surface area contributed by atoms with Gasteiger partial charge in [-0.05, 0) is 55.5 Å². The van der Waals surface area contributed by atoms with E-state index < -0.39 is 5.97 Å². The summed E-state index contributed by atoms with van der Waals surface area (Å²) in [5, 5.41) is 2.80. The fraction of sp³-hybridized carbons (Fsp3) is 0.0833. The smallest absolute Gasteiger partial charge is 0.336 e. The molecule has 0 spiro atoms. The van der Waals surface area contributed by atoms with Gasteiger partial charge in [-0.15, -0.1) is 0 Å². The summed E-state index contributed by atoms with van der Waals surface area (Å²) in [6.07, 6.45) is 2.99. The summed E-state index contributed by atoms with van der Waals surface area (Å²) in [5.74, 6) is 0.307. The lowest BCUT2D eigenvalue weighted by Gasteiger charge is -2.07. The van der Waals surface area contributed by atoms with Gasteiger partial charge in [-0.25, -0.2) is 4.79 Å². The topological polar surface area (TPSA) is 64.6 Å². The molecule has 5 heteroatoms. The van der Waals surface area contributed by atoms with Gasteiger partial charge in [0.1, 0.15) is 11.5 Å². The number of rotatable bonds is 7. The van der Waals surface area contributed by atoms with Crippen LogP contribution in [0.4, 0.5) is 5.69 Å². The number of amides is 1. The molecule has 29 heavy (non-hydrogen) atoms. The van der Waals surface area contributed by atoms with E-state index in [-0.39, 0.29) is 5.91 Å². The number of carbonyl (C=O) groups is 2. The Hall–Kier alpha value is -3.86. The van der Waals surface area contributed by atoms with Crippen molar-refractivity contribution in [3.63, 3.8) is 0 Å². The van der Waals surface area contributed by atoms with E-state index in [9.17, 15) is 9.59 Å². The fourth-order valence-electron chi connectivity index (χ4n) is 2.61. The molecule has 0 radical (unpaired) electrons. The number of ether oxygens (including phenoxy) is 2. The molecule has 0 aromatic heterocycles. The Morgan fingerprint density at radius 1 is 0.897 bits per heavy atom. The highest BCUT2D eigenvalue weighted by Crippen LogP contribution is 2.20. The van der Waals surface area contributed by atoms with Gasteiger partial charge in [-0.2, -0.15) is 0 Å². The molecule has 3 aromatic carbocycles. The molecule has 0 saturated heterocycles. The lowest BCUT2D eigenvalue weighted by molar-refractivity contribution is -0.128. The highest BCUT2D eigenvalue weighted by atomic mass is 16.5. The Labute approximate surface area is 169 Å². The highest BCUT2D eigenvalue weighted by Gasteiger charge is 2.07. The lowest BCUT2D eigenvalue weighted by atomic mass is 10.2. The average molecular weight is 387 g/mol. The third kappa shape index (κ3) is 5.81. The number of hydrogen-bond donors (Lipinski definition) is 1. The summed E-state index contributed by atoms with van der Waals surface area (Å²) in [4.78, 5) is 24.3. The number of carbonyl (C=O) groups excluding carboxylic acids is 2. The van der Waals surface area contributed by atoms with Crippen LogP contribution in [-0.2, 0) is 4.79 Å². The van der Waals surface area contributed by atoms with E-state index in [2.05, 4.69) is 5.32 Å².